The molecule has 0 aliphatic carbocycles. The van der Waals surface area contributed by atoms with Crippen LogP contribution in [0.5, 0.6) is 0 Å². The summed E-state index contributed by atoms with van der Waals surface area (Å²) in [4.78, 5) is 4.69. The summed E-state index contributed by atoms with van der Waals surface area (Å²) >= 11 is 0. The van der Waals surface area contributed by atoms with Crippen molar-refractivity contribution >= 4 is 57.0 Å². The molecule has 0 aliphatic heterocycles. The topological polar surface area (TPSA) is 6.48 Å². The Labute approximate surface area is 272 Å². The van der Waals surface area contributed by atoms with Gasteiger partial charge in [-0.25, -0.2) is 0 Å². The number of aryl methyl sites for hydroxylation is 2. The van der Waals surface area contributed by atoms with E-state index in [9.17, 15) is 0 Å². The summed E-state index contributed by atoms with van der Waals surface area (Å²) in [7, 11) is 0. The van der Waals surface area contributed by atoms with Crippen LogP contribution in [0.2, 0.25) is 0 Å². The third-order valence-corrected chi connectivity index (χ3v) is 8.51. The van der Waals surface area contributed by atoms with Gasteiger partial charge in [-0.05, 0) is 96.1 Å². The van der Waals surface area contributed by atoms with Crippen molar-refractivity contribution in [2.45, 2.75) is 13.8 Å². The van der Waals surface area contributed by atoms with Crippen LogP contribution in [-0.4, -0.2) is 0 Å². The van der Waals surface area contributed by atoms with Gasteiger partial charge in [0.25, 0.3) is 0 Å². The van der Waals surface area contributed by atoms with Crippen LogP contribution in [-0.2, 0) is 0 Å². The van der Waals surface area contributed by atoms with Gasteiger partial charge in [0.2, 0.25) is 0 Å². The van der Waals surface area contributed by atoms with Crippen molar-refractivity contribution in [2.24, 2.45) is 0 Å². The maximum Gasteiger partial charge on any atom is 0.0540 e. The number of anilines is 6. The molecule has 7 rings (SSSR count). The van der Waals surface area contributed by atoms with Crippen LogP contribution in [0.4, 0.5) is 34.1 Å². The molecular formula is C44H36N2. The van der Waals surface area contributed by atoms with E-state index >= 15 is 0 Å². The average Bonchev–Trinajstić information content (AvgIpc) is 3.11. The molecule has 0 N–H and O–H groups in total. The molecule has 0 bridgehead atoms. The summed E-state index contributed by atoms with van der Waals surface area (Å²) in [6.45, 7) is 4.34. The summed E-state index contributed by atoms with van der Waals surface area (Å²) < 4.78 is 0. The Balaban J connectivity index is 1.16. The lowest BCUT2D eigenvalue weighted by molar-refractivity contribution is 1.22. The second-order valence-corrected chi connectivity index (χ2v) is 11.6. The Kier molecular flexibility index (Phi) is 8.17. The fraction of sp³-hybridized carbons (Fsp3) is 0.0455. The van der Waals surface area contributed by atoms with E-state index in [0.29, 0.717) is 0 Å². The second kappa shape index (κ2) is 13.0. The average molecular weight is 593 g/mol. The standard InChI is InChI=1S/C44H36N2/c1-33-13-6-10-20-42(33)46(43-21-11-7-14-34(43)2)40-31-27-36(28-32-40)24-23-35-25-29-39(30-26-35)45(38-17-4-3-5-18-38)44-22-12-16-37-15-8-9-19-41(37)44/h3-32H,1-2H3. The Hall–Kier alpha value is -5.86. The van der Waals surface area contributed by atoms with Crippen LogP contribution in [0, 0.1) is 13.8 Å². The van der Waals surface area contributed by atoms with Crippen molar-refractivity contribution < 1.29 is 0 Å². The molecule has 7 aromatic carbocycles. The van der Waals surface area contributed by atoms with Gasteiger partial charge >= 0.3 is 0 Å². The molecule has 2 heteroatoms. The lowest BCUT2D eigenvalue weighted by Gasteiger charge is -2.28. The highest BCUT2D eigenvalue weighted by Gasteiger charge is 2.16. The molecule has 2 nitrogen and oxygen atoms in total. The van der Waals surface area contributed by atoms with E-state index in [1.165, 1.54) is 33.3 Å². The first-order valence-electron chi connectivity index (χ1n) is 15.8. The Bertz CT molecular complexity index is 2060. The molecule has 0 heterocycles. The molecular weight excluding hydrogens is 556 g/mol. The molecule has 0 amide bonds. The maximum atomic E-state index is 2.35. The molecule has 0 aliphatic rings. The van der Waals surface area contributed by atoms with Gasteiger partial charge < -0.3 is 9.80 Å². The second-order valence-electron chi connectivity index (χ2n) is 11.6. The van der Waals surface area contributed by atoms with E-state index in [1.807, 2.05) is 0 Å². The lowest BCUT2D eigenvalue weighted by atomic mass is 10.1. The summed E-state index contributed by atoms with van der Waals surface area (Å²) in [5, 5.41) is 2.46. The number of fused-ring (bicyclic) bond motifs is 1. The van der Waals surface area contributed by atoms with Crippen LogP contribution < -0.4 is 9.80 Å². The SMILES string of the molecule is Cc1ccccc1N(c1ccc(C=Cc2ccc(N(c3ccccc3)c3cccc4ccccc34)cc2)cc1)c1ccccc1C. The minimum absolute atomic E-state index is 1.12. The molecule has 0 aromatic heterocycles. The van der Waals surface area contributed by atoms with Crippen LogP contribution in [0.15, 0.2) is 170 Å². The van der Waals surface area contributed by atoms with Gasteiger partial charge in [-0.1, -0.05) is 127 Å². The summed E-state index contributed by atoms with van der Waals surface area (Å²) in [6, 6.07) is 60.4. The highest BCUT2D eigenvalue weighted by atomic mass is 15.1. The van der Waals surface area contributed by atoms with E-state index < -0.39 is 0 Å². The van der Waals surface area contributed by atoms with Crippen molar-refractivity contribution in [1.29, 1.82) is 0 Å². The third kappa shape index (κ3) is 5.94. The normalized spacial score (nSPS) is 11.2. The third-order valence-electron chi connectivity index (χ3n) is 8.51. The number of benzene rings is 7. The summed E-state index contributed by atoms with van der Waals surface area (Å²) in [5.74, 6) is 0. The Morgan fingerprint density at radius 2 is 0.783 bits per heavy atom. The fourth-order valence-corrected chi connectivity index (χ4v) is 6.11. The Morgan fingerprint density at radius 1 is 0.348 bits per heavy atom. The van der Waals surface area contributed by atoms with Gasteiger partial charge in [-0.2, -0.15) is 0 Å². The largest absolute Gasteiger partial charge is 0.310 e. The Morgan fingerprint density at radius 3 is 1.37 bits per heavy atom. The number of hydrogen-bond donors (Lipinski definition) is 0. The predicted molar refractivity (Wildman–Crippen MR) is 198 cm³/mol. The van der Waals surface area contributed by atoms with Crippen LogP contribution in [0.1, 0.15) is 22.3 Å². The molecule has 0 fully saturated rings. The van der Waals surface area contributed by atoms with Gasteiger partial charge in [0.15, 0.2) is 0 Å². The molecule has 7 aromatic rings. The van der Waals surface area contributed by atoms with Crippen LogP contribution in [0.25, 0.3) is 22.9 Å². The molecule has 0 atom stereocenters. The van der Waals surface area contributed by atoms with E-state index in [-0.39, 0.29) is 0 Å². The zero-order valence-corrected chi connectivity index (χ0v) is 26.2. The molecule has 222 valence electrons. The van der Waals surface area contributed by atoms with Gasteiger partial charge in [0.05, 0.1) is 5.69 Å². The van der Waals surface area contributed by atoms with E-state index in [0.717, 1.165) is 33.9 Å². The van der Waals surface area contributed by atoms with Crippen molar-refractivity contribution in [3.63, 3.8) is 0 Å². The zero-order chi connectivity index (χ0) is 31.3. The van der Waals surface area contributed by atoms with E-state index in [4.69, 9.17) is 0 Å². The first kappa shape index (κ1) is 28.9. The first-order chi connectivity index (χ1) is 22.7. The molecule has 0 radical (unpaired) electrons. The van der Waals surface area contributed by atoms with Gasteiger partial charge in [0.1, 0.15) is 0 Å². The molecule has 0 spiro atoms. The maximum absolute atomic E-state index is 2.35. The quantitative estimate of drug-likeness (QED) is 0.162. The van der Waals surface area contributed by atoms with Gasteiger partial charge in [-0.15, -0.1) is 0 Å². The minimum atomic E-state index is 1.12. The molecule has 0 unspecified atom stereocenters. The fourth-order valence-electron chi connectivity index (χ4n) is 6.11. The van der Waals surface area contributed by atoms with E-state index in [2.05, 4.69) is 206 Å². The number of nitrogens with zero attached hydrogens (tertiary/aromatic N) is 2. The minimum Gasteiger partial charge on any atom is -0.310 e. The molecule has 0 saturated heterocycles. The van der Waals surface area contributed by atoms with Gasteiger partial charge in [-0.3, -0.25) is 0 Å². The monoisotopic (exact) mass is 592 g/mol. The highest BCUT2D eigenvalue weighted by Crippen LogP contribution is 2.40. The lowest BCUT2D eigenvalue weighted by Crippen LogP contribution is -2.12. The van der Waals surface area contributed by atoms with Crippen molar-refractivity contribution in [1.82, 2.24) is 0 Å². The van der Waals surface area contributed by atoms with Gasteiger partial charge in [0, 0.05) is 33.8 Å². The molecule has 46 heavy (non-hydrogen) atoms. The number of para-hydroxylation sites is 3. The van der Waals surface area contributed by atoms with Crippen molar-refractivity contribution in [3.8, 4) is 0 Å². The zero-order valence-electron chi connectivity index (χ0n) is 26.2. The number of hydrogen-bond acceptors (Lipinski definition) is 2. The number of rotatable bonds is 8. The molecule has 0 saturated carbocycles. The highest BCUT2D eigenvalue weighted by molar-refractivity contribution is 5.99. The van der Waals surface area contributed by atoms with Crippen molar-refractivity contribution in [2.75, 3.05) is 9.80 Å². The van der Waals surface area contributed by atoms with Crippen LogP contribution >= 0.6 is 0 Å². The predicted octanol–water partition coefficient (Wildman–Crippen LogP) is 12.6. The summed E-state index contributed by atoms with van der Waals surface area (Å²) in [5.41, 5.74) is 11.7. The smallest absolute Gasteiger partial charge is 0.0540 e. The summed E-state index contributed by atoms with van der Waals surface area (Å²) in [6.07, 6.45) is 4.37. The first-order valence-corrected chi connectivity index (χ1v) is 15.8. The van der Waals surface area contributed by atoms with E-state index in [1.54, 1.807) is 0 Å². The van der Waals surface area contributed by atoms with Crippen molar-refractivity contribution in [3.05, 3.63) is 192 Å². The van der Waals surface area contributed by atoms with Crippen LogP contribution in [0.3, 0.4) is 0 Å².